The molecule has 0 radical (unpaired) electrons. The fraction of sp³-hybridized carbons (Fsp3) is 0.643. The first-order valence-electron chi connectivity index (χ1n) is 12.2. The monoisotopic (exact) mass is 612 g/mol. The maximum absolute atomic E-state index is 3.65. The molecular weight excluding hydrogens is 557 g/mol. The van der Waals surface area contributed by atoms with Gasteiger partial charge in [-0.2, -0.15) is 6.08 Å². The van der Waals surface area contributed by atoms with Gasteiger partial charge in [0.15, 0.2) is 0 Å². The summed E-state index contributed by atoms with van der Waals surface area (Å²) < 4.78 is 0. The average Bonchev–Trinajstić information content (AvgIpc) is 3.34. The zero-order valence-corrected chi connectivity index (χ0v) is 26.2. The van der Waals surface area contributed by atoms with Crippen molar-refractivity contribution in [1.29, 1.82) is 0 Å². The third-order valence-electron chi connectivity index (χ3n) is 4.99. The van der Waals surface area contributed by atoms with Crippen molar-refractivity contribution in [2.75, 3.05) is 58.9 Å². The maximum atomic E-state index is 3.65. The molecule has 0 fully saturated rings. The van der Waals surface area contributed by atoms with E-state index < -0.39 is 0 Å². The molecule has 3 nitrogen and oxygen atoms in total. The molecule has 0 unspecified atom stereocenters. The van der Waals surface area contributed by atoms with Crippen LogP contribution in [0.2, 0.25) is 0 Å². The molecular formula is C28H54HfN3-. The van der Waals surface area contributed by atoms with Crippen LogP contribution in [0.1, 0.15) is 61.3 Å². The van der Waals surface area contributed by atoms with Crippen molar-refractivity contribution in [2.45, 2.75) is 61.3 Å². The summed E-state index contributed by atoms with van der Waals surface area (Å²) in [6.45, 7) is 35.9. The van der Waals surface area contributed by atoms with Crippen molar-refractivity contribution in [3.8, 4) is 0 Å². The molecule has 0 bridgehead atoms. The van der Waals surface area contributed by atoms with Crippen LogP contribution in [0, 0.1) is 6.08 Å². The molecule has 1 aliphatic carbocycles. The van der Waals surface area contributed by atoms with Gasteiger partial charge in [-0.3, -0.25) is 6.08 Å². The molecule has 0 aromatic carbocycles. The first kappa shape index (κ1) is 38.7. The van der Waals surface area contributed by atoms with E-state index in [2.05, 4.69) is 101 Å². The number of nitrogens with zero attached hydrogens (tertiary/aromatic N) is 3. The summed E-state index contributed by atoms with van der Waals surface area (Å²) in [4.78, 5) is 6.94. The topological polar surface area (TPSA) is 9.72 Å². The summed E-state index contributed by atoms with van der Waals surface area (Å²) in [7, 11) is 0. The van der Waals surface area contributed by atoms with Crippen LogP contribution < -0.4 is 0 Å². The standard InChI is InChI=1S/3C7H15N.C7H9.Hf/c3*1-4-7-8(5-2)6-3;1-2-7-5-3-4-6-7;/h3*4H,1,5-7H2,2-3H3;3,5H,2,4H2,1H3;/q;;;-1;. The Kier molecular flexibility index (Phi) is 39.5. The van der Waals surface area contributed by atoms with E-state index in [1.807, 2.05) is 18.2 Å². The largest absolute Gasteiger partial charge is 0.300 e. The molecule has 1 aliphatic rings. The molecule has 0 atom stereocenters. The van der Waals surface area contributed by atoms with Crippen molar-refractivity contribution in [1.82, 2.24) is 14.7 Å². The van der Waals surface area contributed by atoms with E-state index in [9.17, 15) is 0 Å². The summed E-state index contributed by atoms with van der Waals surface area (Å²) in [5.74, 6) is 0. The summed E-state index contributed by atoms with van der Waals surface area (Å²) in [5, 5.41) is 0. The molecule has 0 aromatic heterocycles. The van der Waals surface area contributed by atoms with Crippen molar-refractivity contribution in [3.05, 3.63) is 61.8 Å². The van der Waals surface area contributed by atoms with Gasteiger partial charge in [-0.25, -0.2) is 11.6 Å². The second kappa shape index (κ2) is 32.6. The predicted octanol–water partition coefficient (Wildman–Crippen LogP) is 6.63. The minimum absolute atomic E-state index is 0. The van der Waals surface area contributed by atoms with Crippen LogP contribution in [0.25, 0.3) is 0 Å². The molecule has 186 valence electrons. The van der Waals surface area contributed by atoms with Gasteiger partial charge in [-0.05, 0) is 39.3 Å². The van der Waals surface area contributed by atoms with Gasteiger partial charge in [0, 0.05) is 45.5 Å². The van der Waals surface area contributed by atoms with Gasteiger partial charge in [0.25, 0.3) is 0 Å². The zero-order valence-electron chi connectivity index (χ0n) is 22.6. The van der Waals surface area contributed by atoms with E-state index >= 15 is 0 Å². The van der Waals surface area contributed by atoms with Gasteiger partial charge in [-0.1, -0.05) is 73.1 Å². The molecule has 0 amide bonds. The van der Waals surface area contributed by atoms with E-state index in [0.717, 1.165) is 71.7 Å². The molecule has 0 saturated carbocycles. The summed E-state index contributed by atoms with van der Waals surface area (Å²) >= 11 is 0. The molecule has 0 aromatic rings. The molecule has 0 heterocycles. The van der Waals surface area contributed by atoms with Crippen molar-refractivity contribution < 1.29 is 25.8 Å². The number of hydrogen-bond donors (Lipinski definition) is 0. The molecule has 0 saturated heterocycles. The Morgan fingerprint density at radius 3 is 1.09 bits per heavy atom. The fourth-order valence-corrected chi connectivity index (χ4v) is 2.69. The normalized spacial score (nSPS) is 11.2. The molecule has 1 rings (SSSR count). The number of allylic oxidation sites excluding steroid dienone is 4. The van der Waals surface area contributed by atoms with E-state index in [1.54, 1.807) is 0 Å². The van der Waals surface area contributed by atoms with E-state index in [-0.39, 0.29) is 25.8 Å². The third kappa shape index (κ3) is 27.5. The van der Waals surface area contributed by atoms with E-state index in [1.165, 1.54) is 5.57 Å². The van der Waals surface area contributed by atoms with Crippen LogP contribution >= 0.6 is 0 Å². The fourth-order valence-electron chi connectivity index (χ4n) is 2.69. The van der Waals surface area contributed by atoms with Gasteiger partial charge >= 0.3 is 0 Å². The first-order valence-corrected chi connectivity index (χ1v) is 12.2. The van der Waals surface area contributed by atoms with Crippen LogP contribution in [-0.4, -0.2) is 73.6 Å². The molecule has 0 aliphatic heterocycles. The van der Waals surface area contributed by atoms with Crippen LogP contribution in [-0.2, 0) is 25.8 Å². The second-order valence-electron chi connectivity index (χ2n) is 6.99. The van der Waals surface area contributed by atoms with Crippen molar-refractivity contribution in [2.24, 2.45) is 0 Å². The Morgan fingerprint density at radius 1 is 0.688 bits per heavy atom. The van der Waals surface area contributed by atoms with Gasteiger partial charge in [0.1, 0.15) is 0 Å². The number of hydrogen-bond acceptors (Lipinski definition) is 3. The van der Waals surface area contributed by atoms with Crippen LogP contribution in [0.3, 0.4) is 0 Å². The Hall–Kier alpha value is -0.550. The summed E-state index contributed by atoms with van der Waals surface area (Å²) in [6, 6.07) is 0. The number of likely N-dealkylation sites (N-methyl/N-ethyl adjacent to an activating group) is 3. The summed E-state index contributed by atoms with van der Waals surface area (Å²) in [6.07, 6.45) is 15.5. The second-order valence-corrected chi connectivity index (χ2v) is 6.99. The van der Waals surface area contributed by atoms with Crippen LogP contribution in [0.4, 0.5) is 0 Å². The van der Waals surface area contributed by atoms with Gasteiger partial charge < -0.3 is 14.7 Å². The van der Waals surface area contributed by atoms with E-state index in [4.69, 9.17) is 0 Å². The SMILES string of the molecule is C=CCN(CC)CC.C=CCN(CC)CC.C=CCN(CC)CC.CCC1=[C-]CC=C1.[Hf]. The maximum Gasteiger partial charge on any atom is 0.0160 e. The quantitative estimate of drug-likeness (QED) is 0.132. The van der Waals surface area contributed by atoms with Crippen molar-refractivity contribution >= 4 is 0 Å². The minimum atomic E-state index is 0. The smallest absolute Gasteiger partial charge is 0.0160 e. The van der Waals surface area contributed by atoms with Crippen molar-refractivity contribution in [3.63, 3.8) is 0 Å². The Labute approximate surface area is 221 Å². The predicted molar refractivity (Wildman–Crippen MR) is 145 cm³/mol. The van der Waals surface area contributed by atoms with Crippen LogP contribution in [0.15, 0.2) is 55.7 Å². The molecule has 4 heteroatoms. The van der Waals surface area contributed by atoms with Crippen LogP contribution in [0.5, 0.6) is 0 Å². The molecule has 0 spiro atoms. The van der Waals surface area contributed by atoms with Gasteiger partial charge in [0.2, 0.25) is 0 Å². The Morgan fingerprint density at radius 2 is 1.00 bits per heavy atom. The Bertz CT molecular complexity index is 403. The minimum Gasteiger partial charge on any atom is -0.300 e. The zero-order chi connectivity index (χ0) is 24.3. The molecule has 32 heavy (non-hydrogen) atoms. The average molecular weight is 611 g/mol. The van der Waals surface area contributed by atoms with Gasteiger partial charge in [-0.15, -0.1) is 26.2 Å². The third-order valence-corrected chi connectivity index (χ3v) is 4.99. The van der Waals surface area contributed by atoms with Gasteiger partial charge in [0.05, 0.1) is 0 Å². The number of rotatable bonds is 13. The first-order chi connectivity index (χ1) is 15.0. The Balaban J connectivity index is -0.000000162. The van der Waals surface area contributed by atoms with E-state index in [0.29, 0.717) is 0 Å². The summed E-state index contributed by atoms with van der Waals surface area (Å²) in [5.41, 5.74) is 1.36. The molecule has 0 N–H and O–H groups in total.